The van der Waals surface area contributed by atoms with Gasteiger partial charge in [0.2, 0.25) is 0 Å². The van der Waals surface area contributed by atoms with Crippen molar-refractivity contribution in [2.75, 3.05) is 13.1 Å². The SMILES string of the molecule is C=CCNCC(=O)C1CCCC(CC)C1. The Kier molecular flexibility index (Phi) is 5.62. The Morgan fingerprint density at radius 1 is 1.53 bits per heavy atom. The van der Waals surface area contributed by atoms with Gasteiger partial charge in [0.25, 0.3) is 0 Å². The highest BCUT2D eigenvalue weighted by Gasteiger charge is 2.25. The van der Waals surface area contributed by atoms with Crippen molar-refractivity contribution >= 4 is 5.78 Å². The maximum absolute atomic E-state index is 11.8. The molecule has 0 aromatic carbocycles. The van der Waals surface area contributed by atoms with Crippen molar-refractivity contribution in [3.05, 3.63) is 12.7 Å². The summed E-state index contributed by atoms with van der Waals surface area (Å²) in [5, 5.41) is 3.10. The maximum Gasteiger partial charge on any atom is 0.149 e. The summed E-state index contributed by atoms with van der Waals surface area (Å²) in [7, 11) is 0. The van der Waals surface area contributed by atoms with Gasteiger partial charge in [-0.1, -0.05) is 32.3 Å². The summed E-state index contributed by atoms with van der Waals surface area (Å²) in [6.45, 7) is 7.10. The van der Waals surface area contributed by atoms with E-state index in [9.17, 15) is 4.79 Å². The zero-order valence-electron chi connectivity index (χ0n) is 9.80. The van der Waals surface area contributed by atoms with E-state index in [4.69, 9.17) is 0 Å². The van der Waals surface area contributed by atoms with Crippen molar-refractivity contribution in [2.24, 2.45) is 11.8 Å². The van der Waals surface area contributed by atoms with Gasteiger partial charge in [-0.25, -0.2) is 0 Å². The average molecular weight is 209 g/mol. The molecule has 0 spiro atoms. The van der Waals surface area contributed by atoms with Crippen LogP contribution in [0.25, 0.3) is 0 Å². The molecule has 0 amide bonds. The van der Waals surface area contributed by atoms with E-state index >= 15 is 0 Å². The monoisotopic (exact) mass is 209 g/mol. The molecule has 86 valence electrons. The van der Waals surface area contributed by atoms with Gasteiger partial charge in [-0.05, 0) is 18.8 Å². The third-order valence-electron chi connectivity index (χ3n) is 3.40. The van der Waals surface area contributed by atoms with Crippen LogP contribution in [0.1, 0.15) is 39.0 Å². The van der Waals surface area contributed by atoms with Crippen LogP contribution in [-0.2, 0) is 4.79 Å². The summed E-state index contributed by atoms with van der Waals surface area (Å²) < 4.78 is 0. The van der Waals surface area contributed by atoms with E-state index < -0.39 is 0 Å². The van der Waals surface area contributed by atoms with Crippen LogP contribution in [0.3, 0.4) is 0 Å². The minimum Gasteiger partial charge on any atom is -0.307 e. The predicted octanol–water partition coefficient (Wildman–Crippen LogP) is 2.55. The Balaban J connectivity index is 2.28. The molecule has 1 saturated carbocycles. The lowest BCUT2D eigenvalue weighted by Gasteiger charge is -2.27. The Bertz CT molecular complexity index is 213. The summed E-state index contributed by atoms with van der Waals surface area (Å²) >= 11 is 0. The maximum atomic E-state index is 11.8. The first-order chi connectivity index (χ1) is 7.27. The molecule has 1 aliphatic rings. The number of carbonyl (C=O) groups is 1. The molecule has 1 fully saturated rings. The summed E-state index contributed by atoms with van der Waals surface area (Å²) in [5.74, 6) is 1.50. The minimum absolute atomic E-state index is 0.320. The molecule has 2 unspecified atom stereocenters. The molecule has 0 aliphatic heterocycles. The van der Waals surface area contributed by atoms with Crippen molar-refractivity contribution in [1.82, 2.24) is 5.32 Å². The summed E-state index contributed by atoms with van der Waals surface area (Å²) in [6.07, 6.45) is 7.79. The summed E-state index contributed by atoms with van der Waals surface area (Å²) in [6, 6.07) is 0. The van der Waals surface area contributed by atoms with Crippen LogP contribution in [-0.4, -0.2) is 18.9 Å². The number of rotatable bonds is 6. The van der Waals surface area contributed by atoms with E-state index in [-0.39, 0.29) is 0 Å². The molecular formula is C13H23NO. The van der Waals surface area contributed by atoms with E-state index in [0.29, 0.717) is 18.2 Å². The van der Waals surface area contributed by atoms with E-state index in [0.717, 1.165) is 25.3 Å². The minimum atomic E-state index is 0.320. The van der Waals surface area contributed by atoms with Gasteiger partial charge >= 0.3 is 0 Å². The Morgan fingerprint density at radius 2 is 2.33 bits per heavy atom. The molecule has 0 saturated heterocycles. The van der Waals surface area contributed by atoms with Gasteiger partial charge in [0.1, 0.15) is 5.78 Å². The quantitative estimate of drug-likeness (QED) is 0.538. The van der Waals surface area contributed by atoms with Crippen molar-refractivity contribution in [2.45, 2.75) is 39.0 Å². The predicted molar refractivity (Wildman–Crippen MR) is 63.8 cm³/mol. The van der Waals surface area contributed by atoms with Crippen LogP contribution >= 0.6 is 0 Å². The first-order valence-electron chi connectivity index (χ1n) is 6.12. The van der Waals surface area contributed by atoms with E-state index in [1.54, 1.807) is 6.08 Å². The largest absolute Gasteiger partial charge is 0.307 e. The van der Waals surface area contributed by atoms with Gasteiger partial charge in [-0.3, -0.25) is 4.79 Å². The van der Waals surface area contributed by atoms with E-state index in [1.165, 1.54) is 19.3 Å². The van der Waals surface area contributed by atoms with E-state index in [1.807, 2.05) is 0 Å². The zero-order chi connectivity index (χ0) is 11.1. The highest BCUT2D eigenvalue weighted by Crippen LogP contribution is 2.31. The molecule has 15 heavy (non-hydrogen) atoms. The van der Waals surface area contributed by atoms with Gasteiger partial charge < -0.3 is 5.32 Å². The van der Waals surface area contributed by atoms with Crippen LogP contribution in [0.5, 0.6) is 0 Å². The van der Waals surface area contributed by atoms with Crippen molar-refractivity contribution in [3.63, 3.8) is 0 Å². The highest BCUT2D eigenvalue weighted by molar-refractivity contribution is 5.83. The van der Waals surface area contributed by atoms with E-state index in [2.05, 4.69) is 18.8 Å². The van der Waals surface area contributed by atoms with Crippen molar-refractivity contribution in [1.29, 1.82) is 0 Å². The Morgan fingerprint density at radius 3 is 3.00 bits per heavy atom. The molecule has 2 heteroatoms. The number of Topliss-reactive ketones (excluding diaryl/α,β-unsaturated/α-hetero) is 1. The average Bonchev–Trinajstić information content (AvgIpc) is 2.29. The first-order valence-corrected chi connectivity index (χ1v) is 6.12. The molecule has 1 N–H and O–H groups in total. The molecule has 1 aliphatic carbocycles. The Labute approximate surface area is 93.1 Å². The van der Waals surface area contributed by atoms with Crippen LogP contribution in [0, 0.1) is 11.8 Å². The highest BCUT2D eigenvalue weighted by atomic mass is 16.1. The molecule has 0 bridgehead atoms. The van der Waals surface area contributed by atoms with Crippen LogP contribution < -0.4 is 5.32 Å². The van der Waals surface area contributed by atoms with Crippen LogP contribution in [0.15, 0.2) is 12.7 Å². The molecule has 0 aromatic heterocycles. The van der Waals surface area contributed by atoms with Crippen molar-refractivity contribution in [3.8, 4) is 0 Å². The second kappa shape index (κ2) is 6.78. The molecule has 2 nitrogen and oxygen atoms in total. The topological polar surface area (TPSA) is 29.1 Å². The first kappa shape index (κ1) is 12.4. The molecule has 0 radical (unpaired) electrons. The number of hydrogen-bond donors (Lipinski definition) is 1. The molecule has 1 rings (SSSR count). The lowest BCUT2D eigenvalue weighted by atomic mass is 9.78. The number of hydrogen-bond acceptors (Lipinski definition) is 2. The number of carbonyl (C=O) groups excluding carboxylic acids is 1. The third-order valence-corrected chi connectivity index (χ3v) is 3.40. The molecule has 0 aromatic rings. The summed E-state index contributed by atoms with van der Waals surface area (Å²) in [5.41, 5.74) is 0. The van der Waals surface area contributed by atoms with Crippen LogP contribution in [0.4, 0.5) is 0 Å². The van der Waals surface area contributed by atoms with Gasteiger partial charge in [0.05, 0.1) is 6.54 Å². The van der Waals surface area contributed by atoms with Gasteiger partial charge in [-0.15, -0.1) is 6.58 Å². The fraction of sp³-hybridized carbons (Fsp3) is 0.769. The number of ketones is 1. The lowest BCUT2D eigenvalue weighted by molar-refractivity contribution is -0.123. The summed E-state index contributed by atoms with van der Waals surface area (Å²) in [4.78, 5) is 11.8. The molecule has 0 heterocycles. The van der Waals surface area contributed by atoms with Gasteiger partial charge in [0, 0.05) is 12.5 Å². The zero-order valence-corrected chi connectivity index (χ0v) is 9.80. The second-order valence-corrected chi connectivity index (χ2v) is 4.52. The molecule has 2 atom stereocenters. The third kappa shape index (κ3) is 4.17. The standard InChI is InChI=1S/C13H23NO/c1-3-8-14-10-13(15)12-7-5-6-11(4-2)9-12/h3,11-12,14H,1,4-10H2,2H3. The number of nitrogens with one attached hydrogen (secondary N) is 1. The Hall–Kier alpha value is -0.630. The normalized spacial score (nSPS) is 26.2. The molecular weight excluding hydrogens is 186 g/mol. The van der Waals surface area contributed by atoms with Gasteiger partial charge in [-0.2, -0.15) is 0 Å². The fourth-order valence-electron chi connectivity index (χ4n) is 2.40. The van der Waals surface area contributed by atoms with Crippen LogP contribution in [0.2, 0.25) is 0 Å². The second-order valence-electron chi connectivity index (χ2n) is 4.52. The fourth-order valence-corrected chi connectivity index (χ4v) is 2.40. The van der Waals surface area contributed by atoms with Crippen molar-refractivity contribution < 1.29 is 4.79 Å². The van der Waals surface area contributed by atoms with Gasteiger partial charge in [0.15, 0.2) is 0 Å². The lowest BCUT2D eigenvalue weighted by Crippen LogP contribution is -2.31. The smallest absolute Gasteiger partial charge is 0.149 e.